The SMILES string of the molecule is NCCCCC(NC(=O)C(N)CCC(=O)O)C(=O)NC(CC(N)=O)C(=O)NC(CO)C(=O)O. The van der Waals surface area contributed by atoms with Crippen LogP contribution in [0.25, 0.3) is 0 Å². The third-order valence-electron chi connectivity index (χ3n) is 4.42. The number of aliphatic hydroxyl groups excluding tert-OH is 1. The highest BCUT2D eigenvalue weighted by molar-refractivity contribution is 5.96. The van der Waals surface area contributed by atoms with Crippen molar-refractivity contribution in [2.75, 3.05) is 13.2 Å². The fourth-order valence-electron chi connectivity index (χ4n) is 2.59. The molecule has 4 atom stereocenters. The van der Waals surface area contributed by atoms with E-state index in [1.54, 1.807) is 0 Å². The van der Waals surface area contributed by atoms with E-state index in [9.17, 15) is 28.8 Å². The molecule has 12 N–H and O–H groups in total. The Morgan fingerprint density at radius 1 is 0.788 bits per heavy atom. The number of carbonyl (C=O) groups is 6. The first-order valence-corrected chi connectivity index (χ1v) is 10.1. The highest BCUT2D eigenvalue weighted by Crippen LogP contribution is 2.05. The van der Waals surface area contributed by atoms with Gasteiger partial charge in [0.15, 0.2) is 0 Å². The highest BCUT2D eigenvalue weighted by Gasteiger charge is 2.31. The summed E-state index contributed by atoms with van der Waals surface area (Å²) < 4.78 is 0. The molecule has 0 radical (unpaired) electrons. The summed E-state index contributed by atoms with van der Waals surface area (Å²) >= 11 is 0. The van der Waals surface area contributed by atoms with Gasteiger partial charge in [0, 0.05) is 6.42 Å². The average molecular weight is 476 g/mol. The largest absolute Gasteiger partial charge is 0.481 e. The van der Waals surface area contributed by atoms with E-state index < -0.39 is 72.8 Å². The lowest BCUT2D eigenvalue weighted by Gasteiger charge is -2.24. The number of hydrogen-bond acceptors (Lipinski definition) is 9. The van der Waals surface area contributed by atoms with Gasteiger partial charge in [-0.2, -0.15) is 0 Å². The Bertz CT molecular complexity index is 718. The van der Waals surface area contributed by atoms with Crippen molar-refractivity contribution in [1.29, 1.82) is 0 Å². The van der Waals surface area contributed by atoms with Gasteiger partial charge in [-0.25, -0.2) is 4.79 Å². The molecule has 0 bridgehead atoms. The van der Waals surface area contributed by atoms with Gasteiger partial charge in [-0.1, -0.05) is 0 Å². The lowest BCUT2D eigenvalue weighted by molar-refractivity contribution is -0.143. The van der Waals surface area contributed by atoms with Crippen molar-refractivity contribution in [2.45, 2.75) is 62.7 Å². The predicted molar refractivity (Wildman–Crippen MR) is 112 cm³/mol. The summed E-state index contributed by atoms with van der Waals surface area (Å²) in [5.74, 6) is -6.45. The Hall–Kier alpha value is -3.30. The van der Waals surface area contributed by atoms with Gasteiger partial charge >= 0.3 is 11.9 Å². The molecule has 0 rings (SSSR count). The summed E-state index contributed by atoms with van der Waals surface area (Å²) in [6.07, 6.45) is -0.237. The second kappa shape index (κ2) is 15.5. The molecule has 0 saturated heterocycles. The number of carboxylic acids is 2. The van der Waals surface area contributed by atoms with Crippen LogP contribution in [-0.4, -0.2) is 88.2 Å². The molecule has 188 valence electrons. The minimum absolute atomic E-state index is 0.0831. The molecular weight excluding hydrogens is 444 g/mol. The predicted octanol–water partition coefficient (Wildman–Crippen LogP) is -4.29. The molecule has 15 nitrogen and oxygen atoms in total. The number of amides is 4. The fourth-order valence-corrected chi connectivity index (χ4v) is 2.59. The van der Waals surface area contributed by atoms with Gasteiger partial charge in [-0.3, -0.25) is 24.0 Å². The third kappa shape index (κ3) is 12.4. The van der Waals surface area contributed by atoms with Gasteiger partial charge in [0.05, 0.1) is 19.1 Å². The van der Waals surface area contributed by atoms with E-state index in [4.69, 9.17) is 32.5 Å². The van der Waals surface area contributed by atoms with Crippen LogP contribution in [0.4, 0.5) is 0 Å². The summed E-state index contributed by atoms with van der Waals surface area (Å²) in [5, 5.41) is 33.3. The summed E-state index contributed by atoms with van der Waals surface area (Å²) in [4.78, 5) is 70.4. The maximum Gasteiger partial charge on any atom is 0.328 e. The van der Waals surface area contributed by atoms with Gasteiger partial charge in [0.1, 0.15) is 18.1 Å². The number of rotatable bonds is 17. The zero-order valence-electron chi connectivity index (χ0n) is 18.0. The fraction of sp³-hybridized carbons (Fsp3) is 0.667. The van der Waals surface area contributed by atoms with Crippen molar-refractivity contribution in [2.24, 2.45) is 17.2 Å². The molecule has 0 fully saturated rings. The summed E-state index contributed by atoms with van der Waals surface area (Å²) in [6.45, 7) is -0.630. The van der Waals surface area contributed by atoms with Crippen molar-refractivity contribution in [1.82, 2.24) is 16.0 Å². The number of carbonyl (C=O) groups excluding carboxylic acids is 4. The maximum absolute atomic E-state index is 12.8. The van der Waals surface area contributed by atoms with Crippen LogP contribution in [0.3, 0.4) is 0 Å². The molecule has 15 heteroatoms. The van der Waals surface area contributed by atoms with E-state index in [1.165, 1.54) is 0 Å². The van der Waals surface area contributed by atoms with E-state index in [-0.39, 0.29) is 19.3 Å². The van der Waals surface area contributed by atoms with Crippen LogP contribution < -0.4 is 33.2 Å². The summed E-state index contributed by atoms with van der Waals surface area (Å²) in [5.41, 5.74) is 16.2. The number of nitrogens with one attached hydrogen (secondary N) is 3. The number of hydrogen-bond donors (Lipinski definition) is 9. The first-order valence-electron chi connectivity index (χ1n) is 10.1. The van der Waals surface area contributed by atoms with Crippen LogP contribution in [-0.2, 0) is 28.8 Å². The standard InChI is InChI=1S/C18H32N6O9/c19-6-2-1-3-10(22-15(29)9(20)4-5-14(27)28)16(30)23-11(7-13(21)26)17(31)24-12(8-25)18(32)33/h9-12,25H,1-8,19-20H2,(H2,21,26)(H,22,29)(H,23,30)(H,24,31)(H,27,28)(H,32,33). The van der Waals surface area contributed by atoms with Crippen LogP contribution in [0.15, 0.2) is 0 Å². The third-order valence-corrected chi connectivity index (χ3v) is 4.42. The number of unbranched alkanes of at least 4 members (excludes halogenated alkanes) is 1. The minimum atomic E-state index is -1.68. The van der Waals surface area contributed by atoms with Gasteiger partial charge < -0.3 is 48.5 Å². The van der Waals surface area contributed by atoms with Crippen LogP contribution in [0.5, 0.6) is 0 Å². The Kier molecular flexibility index (Phi) is 13.9. The Morgan fingerprint density at radius 2 is 1.33 bits per heavy atom. The smallest absolute Gasteiger partial charge is 0.328 e. The van der Waals surface area contributed by atoms with Crippen molar-refractivity contribution in [3.8, 4) is 0 Å². The van der Waals surface area contributed by atoms with E-state index >= 15 is 0 Å². The van der Waals surface area contributed by atoms with Crippen molar-refractivity contribution < 1.29 is 44.1 Å². The molecule has 4 amide bonds. The number of aliphatic carboxylic acids is 2. The second-order valence-corrected chi connectivity index (χ2v) is 7.20. The molecule has 0 aliphatic rings. The molecule has 4 unspecified atom stereocenters. The topological polar surface area (TPSA) is 277 Å². The van der Waals surface area contributed by atoms with E-state index in [1.807, 2.05) is 5.32 Å². The maximum atomic E-state index is 12.8. The zero-order chi connectivity index (χ0) is 25.6. The van der Waals surface area contributed by atoms with Crippen LogP contribution in [0, 0.1) is 0 Å². The van der Waals surface area contributed by atoms with Crippen molar-refractivity contribution in [3.05, 3.63) is 0 Å². The van der Waals surface area contributed by atoms with E-state index in [0.717, 1.165) is 0 Å². The summed E-state index contributed by atoms with van der Waals surface area (Å²) in [6, 6.07) is -5.69. The Balaban J connectivity index is 5.41. The normalized spacial score (nSPS) is 14.3. The number of aliphatic hydroxyl groups is 1. The number of primary amides is 1. The average Bonchev–Trinajstić information content (AvgIpc) is 2.73. The number of nitrogens with two attached hydrogens (primary N) is 3. The van der Waals surface area contributed by atoms with Crippen LogP contribution in [0.2, 0.25) is 0 Å². The molecule has 0 aromatic carbocycles. The van der Waals surface area contributed by atoms with Gasteiger partial charge in [-0.15, -0.1) is 0 Å². The summed E-state index contributed by atoms with van der Waals surface area (Å²) in [7, 11) is 0. The molecule has 0 saturated carbocycles. The Morgan fingerprint density at radius 3 is 1.82 bits per heavy atom. The molecule has 0 spiro atoms. The minimum Gasteiger partial charge on any atom is -0.481 e. The van der Waals surface area contributed by atoms with Crippen LogP contribution in [0.1, 0.15) is 38.5 Å². The molecular formula is C18H32N6O9. The molecule has 0 heterocycles. The van der Waals surface area contributed by atoms with Crippen LogP contribution >= 0.6 is 0 Å². The number of carboxylic acid groups (broad SMARTS) is 2. The lowest BCUT2D eigenvalue weighted by Crippen LogP contribution is -2.58. The highest BCUT2D eigenvalue weighted by atomic mass is 16.4. The zero-order valence-corrected chi connectivity index (χ0v) is 18.0. The lowest BCUT2D eigenvalue weighted by atomic mass is 10.1. The van der Waals surface area contributed by atoms with Gasteiger partial charge in [0.2, 0.25) is 23.6 Å². The van der Waals surface area contributed by atoms with E-state index in [0.29, 0.717) is 19.4 Å². The first kappa shape index (κ1) is 29.7. The molecule has 0 aliphatic carbocycles. The van der Waals surface area contributed by atoms with Crippen molar-refractivity contribution >= 4 is 35.6 Å². The Labute approximate surface area is 189 Å². The molecule has 0 aromatic heterocycles. The second-order valence-electron chi connectivity index (χ2n) is 7.20. The van der Waals surface area contributed by atoms with Gasteiger partial charge in [0.25, 0.3) is 0 Å². The van der Waals surface area contributed by atoms with Crippen molar-refractivity contribution in [3.63, 3.8) is 0 Å². The van der Waals surface area contributed by atoms with Gasteiger partial charge in [-0.05, 0) is 32.2 Å². The molecule has 0 aromatic rings. The first-order chi connectivity index (χ1) is 15.4. The molecule has 0 aliphatic heterocycles. The quantitative estimate of drug-likeness (QED) is 0.0905. The monoisotopic (exact) mass is 476 g/mol. The van der Waals surface area contributed by atoms with E-state index in [2.05, 4.69) is 10.6 Å². The molecule has 33 heavy (non-hydrogen) atoms.